The molecule has 1 aliphatic heterocycles. The molecule has 7 heteroatoms. The zero-order valence-corrected chi connectivity index (χ0v) is 15.5. The standard InChI is InChI=1S/C20H28N2O5/c23-16(14-15-8-4-3-5-9-15)12-13-22-17(19(26)21-20(22)27)10-6-1-2-7-11-18(24)25/h3-5,8-9,16-17,23H,1-2,6-7,10-14H2,(H,24,25)(H,21,26,27). The van der Waals surface area contributed by atoms with Gasteiger partial charge in [0.15, 0.2) is 0 Å². The number of aliphatic hydroxyl groups is 1. The number of imide groups is 1. The number of nitrogens with one attached hydrogen (secondary N) is 1. The lowest BCUT2D eigenvalue weighted by Crippen LogP contribution is -2.37. The van der Waals surface area contributed by atoms with E-state index in [9.17, 15) is 19.5 Å². The largest absolute Gasteiger partial charge is 0.481 e. The van der Waals surface area contributed by atoms with E-state index in [0.717, 1.165) is 24.8 Å². The molecule has 1 aliphatic rings. The summed E-state index contributed by atoms with van der Waals surface area (Å²) >= 11 is 0. The molecule has 0 radical (unpaired) electrons. The fraction of sp³-hybridized carbons (Fsp3) is 0.550. The zero-order chi connectivity index (χ0) is 19.6. The van der Waals surface area contributed by atoms with Crippen LogP contribution in [0.3, 0.4) is 0 Å². The molecule has 2 rings (SSSR count). The maximum atomic E-state index is 12.0. The van der Waals surface area contributed by atoms with Crippen LogP contribution in [0.15, 0.2) is 30.3 Å². The number of urea groups is 1. The molecule has 0 aliphatic carbocycles. The Labute approximate surface area is 159 Å². The first-order valence-corrected chi connectivity index (χ1v) is 9.52. The van der Waals surface area contributed by atoms with Crippen LogP contribution in [0, 0.1) is 0 Å². The fourth-order valence-electron chi connectivity index (χ4n) is 3.33. The van der Waals surface area contributed by atoms with E-state index in [2.05, 4.69) is 5.32 Å². The monoisotopic (exact) mass is 376 g/mol. The van der Waals surface area contributed by atoms with Gasteiger partial charge in [-0.3, -0.25) is 14.9 Å². The summed E-state index contributed by atoms with van der Waals surface area (Å²) in [6, 6.07) is 8.75. The molecule has 148 valence electrons. The van der Waals surface area contributed by atoms with Crippen molar-refractivity contribution < 1.29 is 24.6 Å². The SMILES string of the molecule is O=C(O)CCCCCCC1C(=O)NC(=O)N1CCC(O)Cc1ccccc1. The molecule has 0 spiro atoms. The number of aliphatic hydroxyl groups excluding tert-OH is 1. The summed E-state index contributed by atoms with van der Waals surface area (Å²) in [4.78, 5) is 36.0. The van der Waals surface area contributed by atoms with Crippen LogP contribution >= 0.6 is 0 Å². The maximum absolute atomic E-state index is 12.0. The number of amides is 3. The van der Waals surface area contributed by atoms with Crippen molar-refractivity contribution >= 4 is 17.9 Å². The number of nitrogens with zero attached hydrogens (tertiary/aromatic N) is 1. The highest BCUT2D eigenvalue weighted by Crippen LogP contribution is 2.18. The number of hydrogen-bond acceptors (Lipinski definition) is 4. The molecule has 2 atom stereocenters. The molecular weight excluding hydrogens is 348 g/mol. The van der Waals surface area contributed by atoms with Gasteiger partial charge in [0.05, 0.1) is 6.10 Å². The molecule has 3 N–H and O–H groups in total. The first-order valence-electron chi connectivity index (χ1n) is 9.52. The molecule has 3 amide bonds. The first-order chi connectivity index (χ1) is 13.0. The van der Waals surface area contributed by atoms with E-state index in [-0.39, 0.29) is 12.3 Å². The Bertz CT molecular complexity index is 635. The second-order valence-corrected chi connectivity index (χ2v) is 6.98. The van der Waals surface area contributed by atoms with Crippen molar-refractivity contribution in [2.24, 2.45) is 0 Å². The maximum Gasteiger partial charge on any atom is 0.324 e. The third-order valence-electron chi connectivity index (χ3n) is 4.81. The van der Waals surface area contributed by atoms with Crippen LogP contribution in [-0.2, 0) is 16.0 Å². The Kier molecular flexibility index (Phi) is 8.26. The van der Waals surface area contributed by atoms with Crippen molar-refractivity contribution in [3.05, 3.63) is 35.9 Å². The van der Waals surface area contributed by atoms with Crippen LogP contribution < -0.4 is 5.32 Å². The number of carbonyl (C=O) groups is 3. The third kappa shape index (κ3) is 7.02. The van der Waals surface area contributed by atoms with Gasteiger partial charge in [0.25, 0.3) is 5.91 Å². The summed E-state index contributed by atoms with van der Waals surface area (Å²) < 4.78 is 0. The van der Waals surface area contributed by atoms with Gasteiger partial charge in [0.1, 0.15) is 6.04 Å². The topological polar surface area (TPSA) is 107 Å². The molecule has 2 unspecified atom stereocenters. The van der Waals surface area contributed by atoms with E-state index in [1.165, 1.54) is 4.90 Å². The van der Waals surface area contributed by atoms with Crippen LogP contribution in [0.2, 0.25) is 0 Å². The molecule has 0 bridgehead atoms. The number of carbonyl (C=O) groups excluding carboxylic acids is 2. The summed E-state index contributed by atoms with van der Waals surface area (Å²) in [5.74, 6) is -1.08. The summed E-state index contributed by atoms with van der Waals surface area (Å²) in [6.07, 6.45) is 4.07. The molecular formula is C20H28N2O5. The predicted octanol–water partition coefficient (Wildman–Crippen LogP) is 2.33. The van der Waals surface area contributed by atoms with Gasteiger partial charge in [-0.2, -0.15) is 0 Å². The van der Waals surface area contributed by atoms with Crippen LogP contribution in [0.4, 0.5) is 4.79 Å². The summed E-state index contributed by atoms with van der Waals surface area (Å²) in [5, 5.41) is 21.2. The van der Waals surface area contributed by atoms with Crippen molar-refractivity contribution in [2.75, 3.05) is 6.54 Å². The van der Waals surface area contributed by atoms with E-state index in [1.54, 1.807) is 0 Å². The zero-order valence-electron chi connectivity index (χ0n) is 15.5. The van der Waals surface area contributed by atoms with Gasteiger partial charge in [0, 0.05) is 13.0 Å². The average Bonchev–Trinajstić information content (AvgIpc) is 2.89. The van der Waals surface area contributed by atoms with Gasteiger partial charge in [-0.05, 0) is 31.2 Å². The summed E-state index contributed by atoms with van der Waals surface area (Å²) in [6.45, 7) is 0.329. The van der Waals surface area contributed by atoms with Crippen molar-refractivity contribution in [1.29, 1.82) is 0 Å². The van der Waals surface area contributed by atoms with Gasteiger partial charge >= 0.3 is 12.0 Å². The summed E-state index contributed by atoms with van der Waals surface area (Å²) in [5.41, 5.74) is 1.03. The van der Waals surface area contributed by atoms with E-state index in [1.807, 2.05) is 30.3 Å². The number of benzene rings is 1. The lowest BCUT2D eigenvalue weighted by molar-refractivity contribution is -0.137. The number of carboxylic acid groups (broad SMARTS) is 1. The Morgan fingerprint density at radius 2 is 1.81 bits per heavy atom. The van der Waals surface area contributed by atoms with Gasteiger partial charge in [0.2, 0.25) is 0 Å². The van der Waals surface area contributed by atoms with Crippen molar-refractivity contribution in [2.45, 2.75) is 63.5 Å². The molecule has 7 nitrogen and oxygen atoms in total. The minimum atomic E-state index is -0.795. The first kappa shape index (κ1) is 20.9. The highest BCUT2D eigenvalue weighted by atomic mass is 16.4. The molecule has 1 aromatic rings. The van der Waals surface area contributed by atoms with E-state index >= 15 is 0 Å². The van der Waals surface area contributed by atoms with Gasteiger partial charge < -0.3 is 15.1 Å². The fourth-order valence-corrected chi connectivity index (χ4v) is 3.33. The normalized spacial score (nSPS) is 17.8. The Morgan fingerprint density at radius 1 is 1.11 bits per heavy atom. The number of rotatable bonds is 12. The smallest absolute Gasteiger partial charge is 0.324 e. The van der Waals surface area contributed by atoms with Crippen molar-refractivity contribution in [3.8, 4) is 0 Å². The van der Waals surface area contributed by atoms with E-state index in [0.29, 0.717) is 32.2 Å². The minimum absolute atomic E-state index is 0.161. The molecule has 0 aromatic heterocycles. The molecule has 1 aromatic carbocycles. The molecule has 1 saturated heterocycles. The number of carboxylic acids is 1. The lowest BCUT2D eigenvalue weighted by Gasteiger charge is -2.23. The van der Waals surface area contributed by atoms with Gasteiger partial charge in [-0.1, -0.05) is 49.6 Å². The predicted molar refractivity (Wildman–Crippen MR) is 100 cm³/mol. The molecule has 0 saturated carbocycles. The van der Waals surface area contributed by atoms with Crippen LogP contribution in [-0.4, -0.2) is 51.7 Å². The van der Waals surface area contributed by atoms with Crippen LogP contribution in [0.25, 0.3) is 0 Å². The number of unbranched alkanes of at least 4 members (excludes halogenated alkanes) is 3. The molecule has 1 heterocycles. The molecule has 1 fully saturated rings. The third-order valence-corrected chi connectivity index (χ3v) is 4.81. The Morgan fingerprint density at radius 3 is 2.52 bits per heavy atom. The Balaban J connectivity index is 1.74. The van der Waals surface area contributed by atoms with Crippen LogP contribution in [0.5, 0.6) is 0 Å². The van der Waals surface area contributed by atoms with Crippen molar-refractivity contribution in [3.63, 3.8) is 0 Å². The van der Waals surface area contributed by atoms with Crippen LogP contribution in [0.1, 0.15) is 50.5 Å². The average molecular weight is 376 g/mol. The Hall–Kier alpha value is -2.41. The number of hydrogen-bond donors (Lipinski definition) is 3. The van der Waals surface area contributed by atoms with Crippen molar-refractivity contribution in [1.82, 2.24) is 10.2 Å². The minimum Gasteiger partial charge on any atom is -0.481 e. The second kappa shape index (κ2) is 10.7. The lowest BCUT2D eigenvalue weighted by atomic mass is 10.0. The number of aliphatic carboxylic acids is 1. The molecule has 27 heavy (non-hydrogen) atoms. The summed E-state index contributed by atoms with van der Waals surface area (Å²) in [7, 11) is 0. The van der Waals surface area contributed by atoms with Gasteiger partial charge in [-0.25, -0.2) is 4.79 Å². The van der Waals surface area contributed by atoms with E-state index in [4.69, 9.17) is 5.11 Å². The van der Waals surface area contributed by atoms with E-state index < -0.39 is 24.1 Å². The highest BCUT2D eigenvalue weighted by molar-refractivity contribution is 6.04. The second-order valence-electron chi connectivity index (χ2n) is 6.98. The van der Waals surface area contributed by atoms with Gasteiger partial charge in [-0.15, -0.1) is 0 Å². The highest BCUT2D eigenvalue weighted by Gasteiger charge is 2.37. The quantitative estimate of drug-likeness (QED) is 0.383.